The SMILES string of the molecule is CO[C@H]([C@H](O)CO)[C@@H]1OC(C(=O)O)=C[C@H](NC(=N)N)C1NC(C)=O. The number of hydrogen-bond acceptors (Lipinski definition) is 7. The number of hydrogen-bond donors (Lipinski definition) is 7. The van der Waals surface area contributed by atoms with Crippen LogP contribution in [-0.2, 0) is 19.1 Å². The Balaban J connectivity index is 3.29. The van der Waals surface area contributed by atoms with Crippen molar-refractivity contribution in [3.05, 3.63) is 11.8 Å². The summed E-state index contributed by atoms with van der Waals surface area (Å²) in [6.07, 6.45) is -2.54. The molecule has 24 heavy (non-hydrogen) atoms. The van der Waals surface area contributed by atoms with E-state index in [-0.39, 0.29) is 0 Å². The molecule has 0 radical (unpaired) electrons. The summed E-state index contributed by atoms with van der Waals surface area (Å²) < 4.78 is 10.5. The van der Waals surface area contributed by atoms with Crippen LogP contribution in [0.3, 0.4) is 0 Å². The van der Waals surface area contributed by atoms with Crippen LogP contribution in [0.2, 0.25) is 0 Å². The number of methoxy groups -OCH3 is 1. The molecule has 11 nitrogen and oxygen atoms in total. The second-order valence-electron chi connectivity index (χ2n) is 5.18. The van der Waals surface area contributed by atoms with Crippen molar-refractivity contribution in [2.45, 2.75) is 37.3 Å². The van der Waals surface area contributed by atoms with Gasteiger partial charge in [0.25, 0.3) is 0 Å². The molecule has 0 saturated heterocycles. The normalized spacial score (nSPS) is 25.7. The number of aliphatic hydroxyl groups excluding tert-OH is 2. The Morgan fingerprint density at radius 3 is 2.54 bits per heavy atom. The molecule has 11 heteroatoms. The molecule has 0 spiro atoms. The first-order valence-corrected chi connectivity index (χ1v) is 7.02. The third kappa shape index (κ3) is 4.81. The van der Waals surface area contributed by atoms with Crippen LogP contribution in [0.25, 0.3) is 0 Å². The first-order valence-electron chi connectivity index (χ1n) is 7.02. The quantitative estimate of drug-likeness (QED) is 0.187. The molecule has 1 amide bonds. The fraction of sp³-hybridized carbons (Fsp3) is 0.615. The van der Waals surface area contributed by atoms with E-state index in [4.69, 9.17) is 25.7 Å². The third-order valence-corrected chi connectivity index (χ3v) is 3.40. The van der Waals surface area contributed by atoms with E-state index in [0.717, 1.165) is 6.08 Å². The Kier molecular flexibility index (Phi) is 6.95. The summed E-state index contributed by atoms with van der Waals surface area (Å²) in [4.78, 5) is 22.7. The van der Waals surface area contributed by atoms with E-state index in [0.29, 0.717) is 0 Å². The fourth-order valence-corrected chi connectivity index (χ4v) is 2.46. The summed E-state index contributed by atoms with van der Waals surface area (Å²) in [5.41, 5.74) is 5.30. The molecule has 1 aliphatic heterocycles. The van der Waals surface area contributed by atoms with Crippen molar-refractivity contribution < 1.29 is 34.4 Å². The highest BCUT2D eigenvalue weighted by Crippen LogP contribution is 2.24. The minimum Gasteiger partial charge on any atom is -0.478 e. The van der Waals surface area contributed by atoms with Crippen LogP contribution in [0.5, 0.6) is 0 Å². The lowest BCUT2D eigenvalue weighted by atomic mass is 9.92. The highest BCUT2D eigenvalue weighted by atomic mass is 16.6. The van der Waals surface area contributed by atoms with Crippen molar-refractivity contribution in [3.63, 3.8) is 0 Å². The fourth-order valence-electron chi connectivity index (χ4n) is 2.46. The highest BCUT2D eigenvalue weighted by Gasteiger charge is 2.44. The molecule has 0 saturated carbocycles. The van der Waals surface area contributed by atoms with Crippen molar-refractivity contribution in [2.75, 3.05) is 13.7 Å². The van der Waals surface area contributed by atoms with Crippen LogP contribution in [0, 0.1) is 5.41 Å². The predicted octanol–water partition coefficient (Wildman–Crippen LogP) is -2.92. The number of carboxylic acids is 1. The summed E-state index contributed by atoms with van der Waals surface area (Å²) >= 11 is 0. The van der Waals surface area contributed by atoms with Gasteiger partial charge in [-0.2, -0.15) is 0 Å². The number of rotatable bonds is 7. The number of aliphatic hydroxyl groups is 2. The molecule has 8 N–H and O–H groups in total. The van der Waals surface area contributed by atoms with Gasteiger partial charge >= 0.3 is 5.97 Å². The summed E-state index contributed by atoms with van der Waals surface area (Å²) in [5, 5.41) is 40.6. The van der Waals surface area contributed by atoms with Gasteiger partial charge in [-0.3, -0.25) is 10.2 Å². The monoisotopic (exact) mass is 346 g/mol. The molecule has 136 valence electrons. The minimum atomic E-state index is -1.39. The number of nitrogens with one attached hydrogen (secondary N) is 3. The van der Waals surface area contributed by atoms with Crippen LogP contribution in [0.4, 0.5) is 0 Å². The smallest absolute Gasteiger partial charge is 0.370 e. The minimum absolute atomic E-state index is 0.450. The van der Waals surface area contributed by atoms with Gasteiger partial charge in [0, 0.05) is 14.0 Å². The standard InChI is InChI=1S/C13H22N4O7/c1-5(19)16-9-6(17-13(14)15)3-8(12(21)22)24-11(9)10(23-2)7(20)4-18/h3,6-7,9-11,18,20H,4H2,1-2H3,(H,16,19)(H,21,22)(H4,14,15,17)/t6-,7+,9?,10+,11+/m0/s1. The summed E-state index contributed by atoms with van der Waals surface area (Å²) in [7, 11) is 1.24. The predicted molar refractivity (Wildman–Crippen MR) is 80.9 cm³/mol. The van der Waals surface area contributed by atoms with Crippen LogP contribution in [0.15, 0.2) is 11.8 Å². The van der Waals surface area contributed by atoms with E-state index in [1.54, 1.807) is 0 Å². The number of nitrogens with two attached hydrogens (primary N) is 1. The average Bonchev–Trinajstić information content (AvgIpc) is 2.49. The zero-order valence-electron chi connectivity index (χ0n) is 13.2. The van der Waals surface area contributed by atoms with Crippen molar-refractivity contribution in [3.8, 4) is 0 Å². The molecule has 0 aromatic carbocycles. The summed E-state index contributed by atoms with van der Waals surface area (Å²) in [5.74, 6) is -2.75. The van der Waals surface area contributed by atoms with Gasteiger partial charge < -0.3 is 41.2 Å². The molecular formula is C13H22N4O7. The number of carbonyl (C=O) groups is 2. The van der Waals surface area contributed by atoms with Gasteiger partial charge in [-0.1, -0.05) is 0 Å². The molecule has 0 aromatic heterocycles. The zero-order chi connectivity index (χ0) is 18.4. The van der Waals surface area contributed by atoms with E-state index in [1.165, 1.54) is 14.0 Å². The Labute approximate surface area is 137 Å². The molecule has 0 aliphatic carbocycles. The number of guanidine groups is 1. The zero-order valence-corrected chi connectivity index (χ0v) is 13.2. The number of carbonyl (C=O) groups excluding carboxylic acids is 1. The number of aliphatic carboxylic acids is 1. The van der Waals surface area contributed by atoms with Crippen molar-refractivity contribution >= 4 is 17.8 Å². The Bertz CT molecular complexity index is 524. The second kappa shape index (κ2) is 8.47. The average molecular weight is 346 g/mol. The van der Waals surface area contributed by atoms with Crippen molar-refractivity contribution in [1.29, 1.82) is 5.41 Å². The van der Waals surface area contributed by atoms with E-state index >= 15 is 0 Å². The number of ether oxygens (including phenoxy) is 2. The van der Waals surface area contributed by atoms with Gasteiger partial charge in [-0.25, -0.2) is 4.79 Å². The number of carboxylic acid groups (broad SMARTS) is 1. The maximum Gasteiger partial charge on any atom is 0.370 e. The third-order valence-electron chi connectivity index (χ3n) is 3.40. The van der Waals surface area contributed by atoms with E-state index in [2.05, 4.69) is 10.6 Å². The van der Waals surface area contributed by atoms with E-state index in [1.807, 2.05) is 0 Å². The Morgan fingerprint density at radius 1 is 1.50 bits per heavy atom. The maximum absolute atomic E-state index is 11.5. The first-order chi connectivity index (χ1) is 11.2. The van der Waals surface area contributed by atoms with Gasteiger partial charge in [0.2, 0.25) is 11.7 Å². The lowest BCUT2D eigenvalue weighted by molar-refractivity contribution is -0.149. The Hall–Kier alpha value is -2.37. The van der Waals surface area contributed by atoms with Gasteiger partial charge in [0.05, 0.1) is 18.7 Å². The maximum atomic E-state index is 11.5. The molecule has 1 aliphatic rings. The molecule has 1 heterocycles. The Morgan fingerprint density at radius 2 is 2.12 bits per heavy atom. The molecule has 0 aromatic rings. The molecular weight excluding hydrogens is 324 g/mol. The lowest BCUT2D eigenvalue weighted by Gasteiger charge is -2.41. The van der Waals surface area contributed by atoms with Gasteiger partial charge in [-0.15, -0.1) is 0 Å². The van der Waals surface area contributed by atoms with Gasteiger partial charge in [0.1, 0.15) is 12.2 Å². The lowest BCUT2D eigenvalue weighted by Crippen LogP contribution is -2.64. The van der Waals surface area contributed by atoms with Crippen LogP contribution >= 0.6 is 0 Å². The largest absolute Gasteiger partial charge is 0.478 e. The molecule has 1 rings (SSSR count). The van der Waals surface area contributed by atoms with E-state index in [9.17, 15) is 19.8 Å². The van der Waals surface area contributed by atoms with Crippen LogP contribution in [-0.4, -0.2) is 77.3 Å². The highest BCUT2D eigenvalue weighted by molar-refractivity contribution is 5.85. The molecule has 5 atom stereocenters. The molecule has 1 unspecified atom stereocenters. The first kappa shape index (κ1) is 19.7. The van der Waals surface area contributed by atoms with Crippen molar-refractivity contribution in [2.24, 2.45) is 5.73 Å². The van der Waals surface area contributed by atoms with Gasteiger partial charge in [0.15, 0.2) is 12.1 Å². The second-order valence-corrected chi connectivity index (χ2v) is 5.18. The number of amides is 1. The topological polar surface area (TPSA) is 187 Å². The van der Waals surface area contributed by atoms with Crippen LogP contribution in [0.1, 0.15) is 6.92 Å². The molecule has 0 fully saturated rings. The van der Waals surface area contributed by atoms with E-state index < -0.39 is 60.6 Å². The van der Waals surface area contributed by atoms with Gasteiger partial charge in [-0.05, 0) is 6.08 Å². The van der Waals surface area contributed by atoms with Crippen LogP contribution < -0.4 is 16.4 Å². The van der Waals surface area contributed by atoms with Crippen molar-refractivity contribution in [1.82, 2.24) is 10.6 Å². The summed E-state index contributed by atoms with van der Waals surface area (Å²) in [6, 6.07) is -1.82. The summed E-state index contributed by atoms with van der Waals surface area (Å²) in [6.45, 7) is 0.574. The molecule has 0 bridgehead atoms.